The van der Waals surface area contributed by atoms with Crippen molar-refractivity contribution in [3.8, 4) is 0 Å². The molecule has 1 saturated heterocycles. The summed E-state index contributed by atoms with van der Waals surface area (Å²) in [6.07, 6.45) is 0. The Morgan fingerprint density at radius 2 is 1.40 bits per heavy atom. The van der Waals surface area contributed by atoms with Crippen molar-refractivity contribution in [1.29, 1.82) is 0 Å². The number of nitrogens with one attached hydrogen (secondary N) is 1. The lowest BCUT2D eigenvalue weighted by Gasteiger charge is -2.51. The Labute approximate surface area is 247 Å². The monoisotopic (exact) mass is 586 g/mol. The highest BCUT2D eigenvalue weighted by atomic mass is 32.2. The number of benzene rings is 3. The van der Waals surface area contributed by atoms with E-state index in [1.165, 1.54) is 23.8 Å². The van der Waals surface area contributed by atoms with Gasteiger partial charge in [-0.2, -0.15) is 0 Å². The predicted octanol–water partition coefficient (Wildman–Crippen LogP) is 3.90. The van der Waals surface area contributed by atoms with Gasteiger partial charge in [-0.05, 0) is 29.2 Å². The molecule has 1 fully saturated rings. The van der Waals surface area contributed by atoms with Crippen LogP contribution in [0.4, 0.5) is 0 Å². The maximum absolute atomic E-state index is 13.6. The van der Waals surface area contributed by atoms with Crippen LogP contribution in [0.15, 0.2) is 102 Å². The molecule has 1 unspecified atom stereocenters. The summed E-state index contributed by atoms with van der Waals surface area (Å²) in [5.74, 6) is -3.85. The molecule has 0 radical (unpaired) electrons. The number of nitrogens with zero attached hydrogens (tertiary/aromatic N) is 1. The highest BCUT2D eigenvalue weighted by Crippen LogP contribution is 2.44. The molecule has 2 amide bonds. The maximum atomic E-state index is 13.6. The standard InChI is InChI=1S/C32H30N2O7S/c1-20-26(31(38)41-19-22-14-8-4-9-15-22)34-28(36)25(29(34)42-32(20)39-2)33-27(35)24(23-16-10-5-11-17-23)30(37)40-18-21-12-6-3-7-13-21/h3-17,24-25,29,32H,18-19H2,1-2H3,(H,33,35)/t24?,25-,29+,32-/m0/s1. The Morgan fingerprint density at radius 1 is 0.857 bits per heavy atom. The van der Waals surface area contributed by atoms with Gasteiger partial charge in [-0.15, -0.1) is 0 Å². The second kappa shape index (κ2) is 13.1. The van der Waals surface area contributed by atoms with Crippen LogP contribution in [-0.4, -0.2) is 52.6 Å². The summed E-state index contributed by atoms with van der Waals surface area (Å²) >= 11 is 1.29. The molecule has 0 aliphatic carbocycles. The molecule has 1 N–H and O–H groups in total. The SMILES string of the molecule is CO[C@H]1S[C@@H]2[C@@H](NC(=O)C(C(=O)OCc3ccccc3)c3ccccc3)C(=O)N2C(C(=O)OCc2ccccc2)=C1C. The summed E-state index contributed by atoms with van der Waals surface area (Å²) in [5.41, 5.74) is 2.12. The zero-order chi connectivity index (χ0) is 29.6. The summed E-state index contributed by atoms with van der Waals surface area (Å²) in [4.78, 5) is 54.7. The predicted molar refractivity (Wildman–Crippen MR) is 155 cm³/mol. The van der Waals surface area contributed by atoms with Crippen molar-refractivity contribution in [2.45, 2.75) is 42.9 Å². The average Bonchev–Trinajstić information content (AvgIpc) is 3.03. The minimum atomic E-state index is -1.30. The van der Waals surface area contributed by atoms with Crippen molar-refractivity contribution in [2.24, 2.45) is 0 Å². The number of rotatable bonds is 10. The van der Waals surface area contributed by atoms with Crippen LogP contribution < -0.4 is 5.32 Å². The van der Waals surface area contributed by atoms with Gasteiger partial charge in [0, 0.05) is 7.11 Å². The van der Waals surface area contributed by atoms with Crippen LogP contribution in [0.3, 0.4) is 0 Å². The highest BCUT2D eigenvalue weighted by Gasteiger charge is 2.56. The van der Waals surface area contributed by atoms with Gasteiger partial charge in [0.2, 0.25) is 5.91 Å². The number of hydrogen-bond donors (Lipinski definition) is 1. The van der Waals surface area contributed by atoms with Crippen LogP contribution in [0.25, 0.3) is 0 Å². The summed E-state index contributed by atoms with van der Waals surface area (Å²) in [6.45, 7) is 1.75. The number of β-lactam (4-membered cyclic amide) rings is 1. The number of esters is 2. The molecule has 2 heterocycles. The van der Waals surface area contributed by atoms with E-state index in [9.17, 15) is 19.2 Å². The summed E-state index contributed by atoms with van der Waals surface area (Å²) < 4.78 is 16.6. The van der Waals surface area contributed by atoms with E-state index in [0.29, 0.717) is 11.1 Å². The molecule has 2 aliphatic rings. The molecule has 9 nitrogen and oxygen atoms in total. The molecule has 0 saturated carbocycles. The van der Waals surface area contributed by atoms with Gasteiger partial charge in [-0.3, -0.25) is 19.3 Å². The minimum absolute atomic E-state index is 0.00105. The minimum Gasteiger partial charge on any atom is -0.460 e. The Morgan fingerprint density at radius 3 is 1.98 bits per heavy atom. The fourth-order valence-corrected chi connectivity index (χ4v) is 6.23. The molecule has 5 rings (SSSR count). The van der Waals surface area contributed by atoms with Crippen molar-refractivity contribution in [2.75, 3.05) is 7.11 Å². The number of methoxy groups -OCH3 is 1. The number of carbonyl (C=O) groups excluding carboxylic acids is 4. The van der Waals surface area contributed by atoms with Gasteiger partial charge in [-0.25, -0.2) is 4.79 Å². The van der Waals surface area contributed by atoms with Crippen molar-refractivity contribution >= 4 is 35.5 Å². The molecule has 3 aromatic carbocycles. The summed E-state index contributed by atoms with van der Waals surface area (Å²) in [6, 6.07) is 25.9. The van der Waals surface area contributed by atoms with Crippen molar-refractivity contribution in [3.05, 3.63) is 119 Å². The quantitative estimate of drug-likeness (QED) is 0.216. The van der Waals surface area contributed by atoms with Crippen molar-refractivity contribution in [1.82, 2.24) is 10.2 Å². The lowest BCUT2D eigenvalue weighted by atomic mass is 9.96. The lowest BCUT2D eigenvalue weighted by molar-refractivity contribution is -0.155. The number of ether oxygens (including phenoxy) is 3. The normalized spacial score (nSPS) is 20.2. The van der Waals surface area contributed by atoms with E-state index in [2.05, 4.69) is 5.32 Å². The third-order valence-corrected chi connectivity index (χ3v) is 8.60. The van der Waals surface area contributed by atoms with Crippen molar-refractivity contribution in [3.63, 3.8) is 0 Å². The maximum Gasteiger partial charge on any atom is 0.355 e. The molecule has 0 bridgehead atoms. The number of carbonyl (C=O) groups is 4. The Balaban J connectivity index is 1.31. The first kappa shape index (κ1) is 29.1. The molecule has 4 atom stereocenters. The molecule has 0 spiro atoms. The van der Waals surface area contributed by atoms with Gasteiger partial charge in [0.1, 0.15) is 35.8 Å². The first-order valence-corrected chi connectivity index (χ1v) is 14.3. The van der Waals surface area contributed by atoms with E-state index in [1.807, 2.05) is 60.7 Å². The number of fused-ring (bicyclic) bond motifs is 1. The molecular formula is C32H30N2O7S. The van der Waals surface area contributed by atoms with E-state index in [-0.39, 0.29) is 18.9 Å². The molecule has 0 aromatic heterocycles. The molecule has 42 heavy (non-hydrogen) atoms. The summed E-state index contributed by atoms with van der Waals surface area (Å²) in [7, 11) is 1.51. The van der Waals surface area contributed by atoms with E-state index in [4.69, 9.17) is 14.2 Å². The largest absolute Gasteiger partial charge is 0.460 e. The number of thioether (sulfide) groups is 1. The van der Waals surface area contributed by atoms with Crippen LogP contribution in [0, 0.1) is 0 Å². The molecule has 10 heteroatoms. The van der Waals surface area contributed by atoms with Gasteiger partial charge in [0.05, 0.1) is 0 Å². The zero-order valence-electron chi connectivity index (χ0n) is 23.1. The third-order valence-electron chi connectivity index (χ3n) is 7.05. The fourth-order valence-electron chi connectivity index (χ4n) is 4.88. The first-order chi connectivity index (χ1) is 20.4. The van der Waals surface area contributed by atoms with Gasteiger partial charge < -0.3 is 19.5 Å². The van der Waals surface area contributed by atoms with Crippen LogP contribution in [0.1, 0.15) is 29.5 Å². The molecule has 3 aromatic rings. The van der Waals surface area contributed by atoms with E-state index < -0.39 is 46.5 Å². The van der Waals surface area contributed by atoms with Gasteiger partial charge in [0.15, 0.2) is 5.92 Å². The van der Waals surface area contributed by atoms with Gasteiger partial charge in [-0.1, -0.05) is 103 Å². The smallest absolute Gasteiger partial charge is 0.355 e. The highest BCUT2D eigenvalue weighted by molar-refractivity contribution is 8.00. The second-order valence-electron chi connectivity index (χ2n) is 9.82. The number of hydrogen-bond acceptors (Lipinski definition) is 8. The molecule has 2 aliphatic heterocycles. The van der Waals surface area contributed by atoms with Crippen LogP contribution >= 0.6 is 11.8 Å². The third kappa shape index (κ3) is 6.09. The van der Waals surface area contributed by atoms with E-state index in [0.717, 1.165) is 11.1 Å². The zero-order valence-corrected chi connectivity index (χ0v) is 23.9. The second-order valence-corrected chi connectivity index (χ2v) is 11.0. The first-order valence-electron chi connectivity index (χ1n) is 13.4. The Bertz CT molecular complexity index is 1480. The average molecular weight is 587 g/mol. The van der Waals surface area contributed by atoms with Gasteiger partial charge >= 0.3 is 11.9 Å². The topological polar surface area (TPSA) is 111 Å². The van der Waals surface area contributed by atoms with Crippen LogP contribution in [0.5, 0.6) is 0 Å². The lowest BCUT2D eigenvalue weighted by Crippen LogP contribution is -2.71. The van der Waals surface area contributed by atoms with E-state index >= 15 is 0 Å². The Kier molecular flexibility index (Phi) is 9.04. The van der Waals surface area contributed by atoms with Crippen LogP contribution in [-0.2, 0) is 46.6 Å². The summed E-state index contributed by atoms with van der Waals surface area (Å²) in [5, 5.41) is 2.10. The van der Waals surface area contributed by atoms with Crippen molar-refractivity contribution < 1.29 is 33.4 Å². The Hall–Kier alpha value is -4.41. The van der Waals surface area contributed by atoms with Crippen LogP contribution in [0.2, 0.25) is 0 Å². The molecular weight excluding hydrogens is 556 g/mol. The van der Waals surface area contributed by atoms with Gasteiger partial charge in [0.25, 0.3) is 5.91 Å². The van der Waals surface area contributed by atoms with E-state index in [1.54, 1.807) is 37.3 Å². The number of amides is 2. The fraction of sp³-hybridized carbons (Fsp3) is 0.250. The molecule has 216 valence electrons.